The highest BCUT2D eigenvalue weighted by Gasteiger charge is 2.19. The number of aromatic amines is 1. The molecule has 0 aliphatic carbocycles. The first-order valence-electron chi connectivity index (χ1n) is 9.94. The summed E-state index contributed by atoms with van der Waals surface area (Å²) in [6.07, 6.45) is 1.91. The van der Waals surface area contributed by atoms with Crippen LogP contribution in [0.2, 0.25) is 0 Å². The predicted octanol–water partition coefficient (Wildman–Crippen LogP) is 4.26. The molecule has 0 saturated heterocycles. The molecule has 0 radical (unpaired) electrons. The van der Waals surface area contributed by atoms with Crippen molar-refractivity contribution in [3.05, 3.63) is 99.5 Å². The summed E-state index contributed by atoms with van der Waals surface area (Å²) in [5.74, 6) is 0.357. The number of hydrogen-bond donors (Lipinski definition) is 1. The molecule has 0 bridgehead atoms. The maximum Gasteiger partial charge on any atom is 0.268 e. The lowest BCUT2D eigenvalue weighted by Crippen LogP contribution is -2.28. The van der Waals surface area contributed by atoms with E-state index in [9.17, 15) is 9.59 Å². The van der Waals surface area contributed by atoms with E-state index in [1.54, 1.807) is 11.9 Å². The Morgan fingerprint density at radius 2 is 1.87 bits per heavy atom. The van der Waals surface area contributed by atoms with Crippen LogP contribution in [0.15, 0.2) is 77.0 Å². The molecule has 1 amide bonds. The first kappa shape index (κ1) is 19.3. The van der Waals surface area contributed by atoms with Gasteiger partial charge >= 0.3 is 0 Å². The Kier molecular flexibility index (Phi) is 4.88. The van der Waals surface area contributed by atoms with E-state index in [1.807, 2.05) is 60.1 Å². The zero-order valence-electron chi connectivity index (χ0n) is 16.9. The van der Waals surface area contributed by atoms with Crippen molar-refractivity contribution in [2.24, 2.45) is 0 Å². The summed E-state index contributed by atoms with van der Waals surface area (Å²) < 4.78 is 2.70. The summed E-state index contributed by atoms with van der Waals surface area (Å²) in [5, 5.41) is 2.75. The Morgan fingerprint density at radius 3 is 2.71 bits per heavy atom. The fourth-order valence-electron chi connectivity index (χ4n) is 3.83. The van der Waals surface area contributed by atoms with Gasteiger partial charge in [-0.15, -0.1) is 11.3 Å². The van der Waals surface area contributed by atoms with Crippen LogP contribution in [0.3, 0.4) is 0 Å². The second kappa shape index (κ2) is 7.85. The molecule has 31 heavy (non-hydrogen) atoms. The smallest absolute Gasteiger partial charge is 0.268 e. The number of amides is 1. The highest BCUT2D eigenvalue weighted by Crippen LogP contribution is 2.24. The van der Waals surface area contributed by atoms with Crippen LogP contribution >= 0.6 is 11.3 Å². The largest absolute Gasteiger partial charge is 0.342 e. The molecular formula is C24H20N4O2S. The van der Waals surface area contributed by atoms with Gasteiger partial charge in [-0.2, -0.15) is 0 Å². The molecule has 5 rings (SSSR count). The van der Waals surface area contributed by atoms with Gasteiger partial charge in [0.05, 0.1) is 17.6 Å². The average molecular weight is 429 g/mol. The van der Waals surface area contributed by atoms with Gasteiger partial charge in [-0.1, -0.05) is 48.5 Å². The number of benzene rings is 2. The van der Waals surface area contributed by atoms with Crippen molar-refractivity contribution in [1.82, 2.24) is 19.4 Å². The van der Waals surface area contributed by atoms with Crippen LogP contribution in [0.1, 0.15) is 21.7 Å². The van der Waals surface area contributed by atoms with Crippen LogP contribution in [0.5, 0.6) is 0 Å². The minimum Gasteiger partial charge on any atom is -0.342 e. The van der Waals surface area contributed by atoms with E-state index in [0.29, 0.717) is 28.1 Å². The fourth-order valence-corrected chi connectivity index (χ4v) is 4.55. The molecule has 7 heteroatoms. The lowest BCUT2D eigenvalue weighted by Gasteiger charge is -2.16. The highest BCUT2D eigenvalue weighted by molar-refractivity contribution is 7.17. The Hall–Kier alpha value is -3.71. The number of para-hydroxylation sites is 1. The molecule has 0 spiro atoms. The van der Waals surface area contributed by atoms with Gasteiger partial charge in [0.15, 0.2) is 0 Å². The standard InChI is InChI=1S/C24H20N4O2S/c1-27(15-21-25-19-11-12-31-22(19)23(29)26-21)24(30)18-14-28(13-16-7-3-2-4-8-16)20-10-6-5-9-17(18)20/h2-12,14H,13,15H2,1H3,(H,25,26,29). The number of thiophene rings is 1. The van der Waals surface area contributed by atoms with E-state index in [0.717, 1.165) is 10.9 Å². The van der Waals surface area contributed by atoms with Gasteiger partial charge in [0.2, 0.25) is 0 Å². The highest BCUT2D eigenvalue weighted by atomic mass is 32.1. The number of nitrogens with zero attached hydrogens (tertiary/aromatic N) is 3. The molecule has 2 aromatic carbocycles. The first-order chi connectivity index (χ1) is 15.1. The molecule has 0 unspecified atom stereocenters. The number of aromatic nitrogens is 3. The monoisotopic (exact) mass is 428 g/mol. The number of carbonyl (C=O) groups is 1. The van der Waals surface area contributed by atoms with E-state index in [4.69, 9.17) is 0 Å². The Balaban J connectivity index is 1.46. The summed E-state index contributed by atoms with van der Waals surface area (Å²) in [6.45, 7) is 0.903. The number of rotatable bonds is 5. The van der Waals surface area contributed by atoms with E-state index in [2.05, 4.69) is 26.7 Å². The minimum absolute atomic E-state index is 0.115. The number of fused-ring (bicyclic) bond motifs is 2. The van der Waals surface area contributed by atoms with Crippen LogP contribution in [0, 0.1) is 0 Å². The number of hydrogen-bond acceptors (Lipinski definition) is 4. The van der Waals surface area contributed by atoms with Gasteiger partial charge in [-0.3, -0.25) is 9.59 Å². The van der Waals surface area contributed by atoms with Gasteiger partial charge < -0.3 is 14.5 Å². The first-order valence-corrected chi connectivity index (χ1v) is 10.8. The van der Waals surface area contributed by atoms with Gasteiger partial charge in [0, 0.05) is 30.7 Å². The predicted molar refractivity (Wildman–Crippen MR) is 124 cm³/mol. The third kappa shape index (κ3) is 3.64. The van der Waals surface area contributed by atoms with E-state index in [-0.39, 0.29) is 18.0 Å². The van der Waals surface area contributed by atoms with Crippen LogP contribution in [0.4, 0.5) is 0 Å². The van der Waals surface area contributed by atoms with E-state index >= 15 is 0 Å². The molecule has 5 aromatic rings. The molecule has 154 valence electrons. The zero-order valence-corrected chi connectivity index (χ0v) is 17.7. The molecule has 0 aliphatic heterocycles. The summed E-state index contributed by atoms with van der Waals surface area (Å²) in [6, 6.07) is 19.9. The van der Waals surface area contributed by atoms with E-state index < -0.39 is 0 Å². The zero-order chi connectivity index (χ0) is 21.4. The second-order valence-electron chi connectivity index (χ2n) is 7.48. The molecule has 3 heterocycles. The molecule has 0 aliphatic rings. The maximum atomic E-state index is 13.3. The molecule has 3 aromatic heterocycles. The van der Waals surface area contributed by atoms with Crippen molar-refractivity contribution >= 4 is 38.4 Å². The molecule has 0 atom stereocenters. The van der Waals surface area contributed by atoms with Crippen molar-refractivity contribution in [3.63, 3.8) is 0 Å². The second-order valence-corrected chi connectivity index (χ2v) is 8.40. The van der Waals surface area contributed by atoms with Gasteiger partial charge in [-0.05, 0) is 23.1 Å². The normalized spacial score (nSPS) is 11.3. The topological polar surface area (TPSA) is 71.0 Å². The molecular weight excluding hydrogens is 408 g/mol. The minimum atomic E-state index is -0.171. The van der Waals surface area contributed by atoms with Crippen molar-refractivity contribution in [1.29, 1.82) is 0 Å². The number of nitrogens with one attached hydrogen (secondary N) is 1. The van der Waals surface area contributed by atoms with Crippen LogP contribution in [-0.2, 0) is 13.1 Å². The summed E-state index contributed by atoms with van der Waals surface area (Å²) in [5.41, 5.74) is 3.29. The van der Waals surface area contributed by atoms with Crippen molar-refractivity contribution in [2.75, 3.05) is 7.05 Å². The molecule has 0 fully saturated rings. The van der Waals surface area contributed by atoms with Crippen molar-refractivity contribution in [3.8, 4) is 0 Å². The van der Waals surface area contributed by atoms with Crippen LogP contribution < -0.4 is 5.56 Å². The quantitative estimate of drug-likeness (QED) is 0.455. The van der Waals surface area contributed by atoms with Gasteiger partial charge in [0.25, 0.3) is 11.5 Å². The lowest BCUT2D eigenvalue weighted by atomic mass is 10.1. The summed E-state index contributed by atoms with van der Waals surface area (Å²) in [7, 11) is 1.73. The van der Waals surface area contributed by atoms with Gasteiger partial charge in [-0.25, -0.2) is 4.98 Å². The molecule has 1 N–H and O–H groups in total. The number of carbonyl (C=O) groups excluding carboxylic acids is 1. The SMILES string of the molecule is CN(Cc1nc2ccsc2c(=O)[nH]1)C(=O)c1cn(Cc2ccccc2)c2ccccc12. The molecule has 0 saturated carbocycles. The number of H-pyrrole nitrogens is 1. The fraction of sp³-hybridized carbons (Fsp3) is 0.125. The van der Waals surface area contributed by atoms with Gasteiger partial charge in [0.1, 0.15) is 10.5 Å². The van der Waals surface area contributed by atoms with Crippen LogP contribution in [0.25, 0.3) is 21.1 Å². The summed E-state index contributed by atoms with van der Waals surface area (Å²) >= 11 is 1.36. The Morgan fingerprint density at radius 1 is 1.10 bits per heavy atom. The summed E-state index contributed by atoms with van der Waals surface area (Å²) in [4.78, 5) is 34.4. The van der Waals surface area contributed by atoms with Crippen molar-refractivity contribution in [2.45, 2.75) is 13.1 Å². The van der Waals surface area contributed by atoms with Crippen LogP contribution in [-0.4, -0.2) is 32.4 Å². The maximum absolute atomic E-state index is 13.3. The van der Waals surface area contributed by atoms with E-state index in [1.165, 1.54) is 16.9 Å². The lowest BCUT2D eigenvalue weighted by molar-refractivity contribution is 0.0783. The average Bonchev–Trinajstić information content (AvgIpc) is 3.39. The Labute approximate surface area is 182 Å². The van der Waals surface area contributed by atoms with Crippen molar-refractivity contribution < 1.29 is 4.79 Å². The Bertz CT molecular complexity index is 1450. The third-order valence-electron chi connectivity index (χ3n) is 5.31. The third-order valence-corrected chi connectivity index (χ3v) is 6.21. The molecule has 6 nitrogen and oxygen atoms in total.